The Labute approximate surface area is 200 Å². The molecule has 4 rings (SSSR count). The summed E-state index contributed by atoms with van der Waals surface area (Å²) in [6, 6.07) is 14.0. The van der Waals surface area contributed by atoms with Gasteiger partial charge >= 0.3 is 0 Å². The first-order valence-electron chi connectivity index (χ1n) is 11.4. The van der Waals surface area contributed by atoms with Gasteiger partial charge in [-0.25, -0.2) is 8.42 Å². The quantitative estimate of drug-likeness (QED) is 0.601. The lowest BCUT2D eigenvalue weighted by atomic mass is 10.0. The molecule has 1 atom stereocenters. The van der Waals surface area contributed by atoms with Crippen molar-refractivity contribution in [3.63, 3.8) is 0 Å². The maximum absolute atomic E-state index is 13.0. The largest absolute Gasteiger partial charge is 0.497 e. The Morgan fingerprint density at radius 1 is 1.00 bits per heavy atom. The molecule has 2 aliphatic rings. The molecule has 0 radical (unpaired) electrons. The van der Waals surface area contributed by atoms with E-state index < -0.39 is 10.0 Å². The molecule has 0 spiro atoms. The van der Waals surface area contributed by atoms with E-state index in [0.29, 0.717) is 51.6 Å². The molecule has 1 N–H and O–H groups in total. The Bertz CT molecular complexity index is 1060. The summed E-state index contributed by atoms with van der Waals surface area (Å²) >= 11 is 0. The van der Waals surface area contributed by atoms with E-state index >= 15 is 0 Å². The number of nitrogens with zero attached hydrogens (tertiary/aromatic N) is 2. The summed E-state index contributed by atoms with van der Waals surface area (Å²) < 4.78 is 43.4. The molecule has 2 aliphatic heterocycles. The van der Waals surface area contributed by atoms with Crippen molar-refractivity contribution >= 4 is 15.9 Å². The lowest BCUT2D eigenvalue weighted by Crippen LogP contribution is -2.43. The molecule has 184 valence electrons. The van der Waals surface area contributed by atoms with Gasteiger partial charge in [0.2, 0.25) is 10.0 Å². The number of methoxy groups -OCH3 is 1. The Morgan fingerprint density at radius 2 is 1.65 bits per heavy atom. The van der Waals surface area contributed by atoms with Gasteiger partial charge in [0.25, 0.3) is 5.91 Å². The Balaban J connectivity index is 1.48. The number of amides is 1. The highest BCUT2D eigenvalue weighted by Crippen LogP contribution is 2.24. The number of carbonyl (C=O) groups excluding carboxylic acids is 1. The average Bonchev–Trinajstić information content (AvgIpc) is 2.90. The van der Waals surface area contributed by atoms with E-state index in [-0.39, 0.29) is 16.8 Å². The van der Waals surface area contributed by atoms with Gasteiger partial charge in [-0.3, -0.25) is 9.69 Å². The van der Waals surface area contributed by atoms with Gasteiger partial charge in [0.05, 0.1) is 44.5 Å². The molecule has 0 saturated carbocycles. The lowest BCUT2D eigenvalue weighted by molar-refractivity contribution is 0.0162. The maximum Gasteiger partial charge on any atom is 0.251 e. The SMILES string of the molecule is COc1ccc(C(CNC(=O)c2cccc(S(=O)(=O)N3CCOCC3)c2)N2CCOCC2)cc1. The number of sulfonamides is 1. The molecule has 0 aromatic heterocycles. The van der Waals surface area contributed by atoms with Gasteiger partial charge in [0.1, 0.15) is 5.75 Å². The van der Waals surface area contributed by atoms with Gasteiger partial charge in [-0.05, 0) is 35.9 Å². The summed E-state index contributed by atoms with van der Waals surface area (Å²) in [5.74, 6) is 0.456. The van der Waals surface area contributed by atoms with Crippen LogP contribution in [0.1, 0.15) is 22.0 Å². The Hall–Kier alpha value is -2.50. The third kappa shape index (κ3) is 5.76. The van der Waals surface area contributed by atoms with E-state index in [1.165, 1.54) is 16.4 Å². The molecule has 2 saturated heterocycles. The van der Waals surface area contributed by atoms with Gasteiger partial charge in [0.15, 0.2) is 0 Å². The van der Waals surface area contributed by atoms with Crippen molar-refractivity contribution in [2.45, 2.75) is 10.9 Å². The Morgan fingerprint density at radius 3 is 2.29 bits per heavy atom. The van der Waals surface area contributed by atoms with E-state index in [1.54, 1.807) is 19.2 Å². The normalized spacial score (nSPS) is 18.9. The predicted molar refractivity (Wildman–Crippen MR) is 126 cm³/mol. The molecule has 34 heavy (non-hydrogen) atoms. The minimum Gasteiger partial charge on any atom is -0.497 e. The van der Waals surface area contributed by atoms with Crippen LogP contribution in [-0.2, 0) is 19.5 Å². The number of benzene rings is 2. The molecule has 2 aromatic rings. The molecular formula is C24H31N3O6S. The molecule has 0 bridgehead atoms. The maximum atomic E-state index is 13.0. The molecular weight excluding hydrogens is 458 g/mol. The van der Waals surface area contributed by atoms with Crippen molar-refractivity contribution < 1.29 is 27.4 Å². The predicted octanol–water partition coefficient (Wildman–Crippen LogP) is 1.52. The summed E-state index contributed by atoms with van der Waals surface area (Å²) in [6.45, 7) is 4.54. The molecule has 1 unspecified atom stereocenters. The van der Waals surface area contributed by atoms with Crippen LogP contribution in [0.5, 0.6) is 5.75 Å². The molecule has 10 heteroatoms. The van der Waals surface area contributed by atoms with Gasteiger partial charge in [-0.15, -0.1) is 0 Å². The fourth-order valence-electron chi connectivity index (χ4n) is 4.20. The standard InChI is InChI=1S/C24H31N3O6S/c1-31-21-7-5-19(6-8-21)23(26-9-13-32-14-10-26)18-25-24(28)20-3-2-4-22(17-20)34(29,30)27-11-15-33-16-12-27/h2-8,17,23H,9-16,18H2,1H3,(H,25,28). The minimum absolute atomic E-state index is 0.0426. The topological polar surface area (TPSA) is 97.4 Å². The minimum atomic E-state index is -3.68. The van der Waals surface area contributed by atoms with Crippen molar-refractivity contribution in [3.05, 3.63) is 59.7 Å². The fourth-order valence-corrected chi connectivity index (χ4v) is 5.65. The number of rotatable bonds is 8. The highest BCUT2D eigenvalue weighted by atomic mass is 32.2. The number of ether oxygens (including phenoxy) is 3. The van der Waals surface area contributed by atoms with Gasteiger partial charge in [-0.2, -0.15) is 4.31 Å². The highest BCUT2D eigenvalue weighted by Gasteiger charge is 2.27. The first-order chi connectivity index (χ1) is 16.5. The summed E-state index contributed by atoms with van der Waals surface area (Å²) in [7, 11) is -2.05. The van der Waals surface area contributed by atoms with Crippen LogP contribution in [0, 0.1) is 0 Å². The van der Waals surface area contributed by atoms with Crippen LogP contribution in [0.25, 0.3) is 0 Å². The van der Waals surface area contributed by atoms with E-state index in [0.717, 1.165) is 24.4 Å². The molecule has 2 aromatic carbocycles. The van der Waals surface area contributed by atoms with Crippen molar-refractivity contribution in [2.75, 3.05) is 66.3 Å². The van der Waals surface area contributed by atoms with Crippen LogP contribution >= 0.6 is 0 Å². The summed E-state index contributed by atoms with van der Waals surface area (Å²) in [5.41, 5.74) is 1.37. The third-order valence-electron chi connectivity index (χ3n) is 6.15. The zero-order chi connectivity index (χ0) is 24.0. The van der Waals surface area contributed by atoms with E-state index in [4.69, 9.17) is 14.2 Å². The first kappa shape index (κ1) is 24.6. The number of hydrogen-bond donors (Lipinski definition) is 1. The number of carbonyl (C=O) groups is 1. The number of hydrogen-bond acceptors (Lipinski definition) is 7. The molecule has 2 heterocycles. The number of morpholine rings is 2. The second-order valence-corrected chi connectivity index (χ2v) is 10.1. The van der Waals surface area contributed by atoms with Crippen LogP contribution in [0.3, 0.4) is 0 Å². The third-order valence-corrected chi connectivity index (χ3v) is 8.04. The summed E-state index contributed by atoms with van der Waals surface area (Å²) in [6.07, 6.45) is 0. The van der Waals surface area contributed by atoms with E-state index in [9.17, 15) is 13.2 Å². The van der Waals surface area contributed by atoms with Crippen LogP contribution in [-0.4, -0.2) is 89.8 Å². The number of nitrogens with one attached hydrogen (secondary N) is 1. The fraction of sp³-hybridized carbons (Fsp3) is 0.458. The first-order valence-corrected chi connectivity index (χ1v) is 12.8. The van der Waals surface area contributed by atoms with Gasteiger partial charge in [-0.1, -0.05) is 18.2 Å². The molecule has 9 nitrogen and oxygen atoms in total. The monoisotopic (exact) mass is 489 g/mol. The molecule has 0 aliphatic carbocycles. The van der Waals surface area contributed by atoms with Crippen molar-refractivity contribution in [2.24, 2.45) is 0 Å². The summed E-state index contributed by atoms with van der Waals surface area (Å²) in [5, 5.41) is 3.00. The van der Waals surface area contributed by atoms with Crippen molar-refractivity contribution in [1.82, 2.24) is 14.5 Å². The van der Waals surface area contributed by atoms with E-state index in [2.05, 4.69) is 10.2 Å². The Kier molecular flexibility index (Phi) is 8.17. The van der Waals surface area contributed by atoms with Crippen LogP contribution in [0.15, 0.2) is 53.4 Å². The zero-order valence-electron chi connectivity index (χ0n) is 19.3. The lowest BCUT2D eigenvalue weighted by Gasteiger charge is -2.35. The van der Waals surface area contributed by atoms with Crippen molar-refractivity contribution in [1.29, 1.82) is 0 Å². The summed E-state index contributed by atoms with van der Waals surface area (Å²) in [4.78, 5) is 15.4. The zero-order valence-corrected chi connectivity index (χ0v) is 20.1. The van der Waals surface area contributed by atoms with Gasteiger partial charge in [0, 0.05) is 38.3 Å². The molecule has 1 amide bonds. The molecule has 2 fully saturated rings. The van der Waals surface area contributed by atoms with Crippen LogP contribution < -0.4 is 10.1 Å². The second-order valence-electron chi connectivity index (χ2n) is 8.19. The van der Waals surface area contributed by atoms with Crippen molar-refractivity contribution in [3.8, 4) is 5.75 Å². The van der Waals surface area contributed by atoms with E-state index in [1.807, 2.05) is 24.3 Å². The second kappa shape index (κ2) is 11.3. The van der Waals surface area contributed by atoms with Crippen LogP contribution in [0.2, 0.25) is 0 Å². The smallest absolute Gasteiger partial charge is 0.251 e. The average molecular weight is 490 g/mol. The highest BCUT2D eigenvalue weighted by molar-refractivity contribution is 7.89. The van der Waals surface area contributed by atoms with Crippen LogP contribution in [0.4, 0.5) is 0 Å². The van der Waals surface area contributed by atoms with Gasteiger partial charge < -0.3 is 19.5 Å².